The summed E-state index contributed by atoms with van der Waals surface area (Å²) in [5.41, 5.74) is 1.33. The molecule has 1 aromatic heterocycles. The fourth-order valence-corrected chi connectivity index (χ4v) is 2.18. The van der Waals surface area contributed by atoms with Crippen LogP contribution < -0.4 is 4.72 Å². The summed E-state index contributed by atoms with van der Waals surface area (Å²) < 4.78 is 3.81. The predicted octanol–water partition coefficient (Wildman–Crippen LogP) is 3.96. The van der Waals surface area contributed by atoms with Crippen LogP contribution >= 0.6 is 11.9 Å². The first kappa shape index (κ1) is 13.5. The molecule has 0 aliphatic rings. The number of hydrogen-bond acceptors (Lipinski definition) is 3. The monoisotopic (exact) mass is 238 g/mol. The molecule has 1 atom stereocenters. The molecule has 0 saturated carbocycles. The van der Waals surface area contributed by atoms with Gasteiger partial charge in [-0.25, -0.2) is 0 Å². The van der Waals surface area contributed by atoms with Gasteiger partial charge in [-0.3, -0.25) is 9.71 Å². The van der Waals surface area contributed by atoms with Crippen molar-refractivity contribution in [2.45, 2.75) is 51.3 Å². The Kier molecular flexibility index (Phi) is 5.29. The number of nitrogens with zero attached hydrogens (tertiary/aromatic N) is 1. The van der Waals surface area contributed by atoms with Gasteiger partial charge in [0.25, 0.3) is 0 Å². The van der Waals surface area contributed by atoms with Crippen molar-refractivity contribution in [3.8, 4) is 0 Å². The van der Waals surface area contributed by atoms with E-state index in [9.17, 15) is 0 Å². The van der Waals surface area contributed by atoms with Gasteiger partial charge in [-0.2, -0.15) is 0 Å². The van der Waals surface area contributed by atoms with E-state index in [0.29, 0.717) is 6.04 Å². The van der Waals surface area contributed by atoms with E-state index < -0.39 is 0 Å². The van der Waals surface area contributed by atoms with Crippen LogP contribution in [0.25, 0.3) is 0 Å². The Morgan fingerprint density at radius 2 is 1.94 bits per heavy atom. The molecule has 0 bridgehead atoms. The quantitative estimate of drug-likeness (QED) is 0.786. The second-order valence-electron chi connectivity index (χ2n) is 4.95. The number of hydrogen-bond donors (Lipinski definition) is 1. The van der Waals surface area contributed by atoms with E-state index in [4.69, 9.17) is 0 Å². The molecule has 0 aliphatic heterocycles. The zero-order valence-corrected chi connectivity index (χ0v) is 11.5. The fraction of sp³-hybridized carbons (Fsp3) is 0.615. The smallest absolute Gasteiger partial charge is 0.0422 e. The molecule has 2 nitrogen and oxygen atoms in total. The number of pyridine rings is 1. The SMILES string of the molecule is CCCC(NSC(C)(C)C)c1ccncc1. The lowest BCUT2D eigenvalue weighted by Gasteiger charge is -2.24. The molecular formula is C13H22N2S. The van der Waals surface area contributed by atoms with E-state index in [1.165, 1.54) is 12.0 Å². The molecule has 3 heteroatoms. The Hall–Kier alpha value is -0.540. The Balaban J connectivity index is 2.61. The summed E-state index contributed by atoms with van der Waals surface area (Å²) in [6.45, 7) is 8.89. The molecule has 0 amide bonds. The van der Waals surface area contributed by atoms with Crippen molar-refractivity contribution in [3.63, 3.8) is 0 Å². The number of rotatable bonds is 5. The van der Waals surface area contributed by atoms with Crippen molar-refractivity contribution in [2.24, 2.45) is 0 Å². The van der Waals surface area contributed by atoms with Gasteiger partial charge in [0.1, 0.15) is 0 Å². The predicted molar refractivity (Wildman–Crippen MR) is 72.4 cm³/mol. The average molecular weight is 238 g/mol. The van der Waals surface area contributed by atoms with Gasteiger partial charge in [0.2, 0.25) is 0 Å². The third-order valence-electron chi connectivity index (χ3n) is 2.19. The zero-order chi connectivity index (χ0) is 12.0. The molecule has 1 heterocycles. The van der Waals surface area contributed by atoms with Crippen molar-refractivity contribution >= 4 is 11.9 Å². The Labute approximate surface area is 103 Å². The Morgan fingerprint density at radius 3 is 2.44 bits per heavy atom. The van der Waals surface area contributed by atoms with E-state index in [0.717, 1.165) is 6.42 Å². The maximum absolute atomic E-state index is 4.06. The molecule has 16 heavy (non-hydrogen) atoms. The lowest BCUT2D eigenvalue weighted by atomic mass is 10.1. The van der Waals surface area contributed by atoms with E-state index in [1.54, 1.807) is 11.9 Å². The van der Waals surface area contributed by atoms with Crippen molar-refractivity contribution in [2.75, 3.05) is 0 Å². The molecule has 0 spiro atoms. The molecule has 0 saturated heterocycles. The summed E-state index contributed by atoms with van der Waals surface area (Å²) in [5.74, 6) is 0. The topological polar surface area (TPSA) is 24.9 Å². The first-order valence-corrected chi connectivity index (χ1v) is 6.68. The van der Waals surface area contributed by atoms with Crippen LogP contribution in [0.15, 0.2) is 24.5 Å². The van der Waals surface area contributed by atoms with E-state index >= 15 is 0 Å². The molecule has 1 rings (SSSR count). The van der Waals surface area contributed by atoms with Crippen molar-refractivity contribution in [1.82, 2.24) is 9.71 Å². The van der Waals surface area contributed by atoms with Gasteiger partial charge in [-0.05, 0) is 44.9 Å². The summed E-state index contributed by atoms with van der Waals surface area (Å²) >= 11 is 1.81. The first-order chi connectivity index (χ1) is 7.53. The van der Waals surface area contributed by atoms with Crippen LogP contribution in [-0.4, -0.2) is 9.73 Å². The highest BCUT2D eigenvalue weighted by Crippen LogP contribution is 2.26. The Bertz CT molecular complexity index is 293. The van der Waals surface area contributed by atoms with Crippen LogP contribution in [0.1, 0.15) is 52.1 Å². The number of aromatic nitrogens is 1. The standard InChI is InChI=1S/C13H22N2S/c1-5-6-12(15-16-13(2,3)4)11-7-9-14-10-8-11/h7-10,12,15H,5-6H2,1-4H3. The van der Waals surface area contributed by atoms with Crippen LogP contribution in [-0.2, 0) is 0 Å². The minimum absolute atomic E-state index is 0.249. The molecular weight excluding hydrogens is 216 g/mol. The lowest BCUT2D eigenvalue weighted by molar-refractivity contribution is 0.596. The van der Waals surface area contributed by atoms with Gasteiger partial charge in [-0.15, -0.1) is 0 Å². The largest absolute Gasteiger partial charge is 0.265 e. The van der Waals surface area contributed by atoms with Crippen LogP contribution in [0.4, 0.5) is 0 Å². The summed E-state index contributed by atoms with van der Waals surface area (Å²) in [6.07, 6.45) is 6.07. The summed E-state index contributed by atoms with van der Waals surface area (Å²) in [4.78, 5) is 4.06. The molecule has 1 unspecified atom stereocenters. The minimum Gasteiger partial charge on any atom is -0.265 e. The second kappa shape index (κ2) is 6.26. The first-order valence-electron chi connectivity index (χ1n) is 5.86. The molecule has 0 fully saturated rings. The van der Waals surface area contributed by atoms with Crippen LogP contribution in [0.5, 0.6) is 0 Å². The van der Waals surface area contributed by atoms with Crippen LogP contribution in [0.3, 0.4) is 0 Å². The maximum atomic E-state index is 4.06. The van der Waals surface area contributed by atoms with Crippen LogP contribution in [0, 0.1) is 0 Å². The highest BCUT2D eigenvalue weighted by Gasteiger charge is 2.15. The second-order valence-corrected chi connectivity index (χ2v) is 6.62. The van der Waals surface area contributed by atoms with Gasteiger partial charge >= 0.3 is 0 Å². The maximum Gasteiger partial charge on any atom is 0.0422 e. The molecule has 0 aliphatic carbocycles. The third kappa shape index (κ3) is 4.99. The van der Waals surface area contributed by atoms with Gasteiger partial charge < -0.3 is 0 Å². The molecule has 0 aromatic carbocycles. The zero-order valence-electron chi connectivity index (χ0n) is 10.7. The Morgan fingerprint density at radius 1 is 1.31 bits per heavy atom. The van der Waals surface area contributed by atoms with Gasteiger partial charge in [0.15, 0.2) is 0 Å². The lowest BCUT2D eigenvalue weighted by Crippen LogP contribution is -2.21. The molecule has 90 valence electrons. The van der Waals surface area contributed by atoms with E-state index in [1.807, 2.05) is 12.4 Å². The van der Waals surface area contributed by atoms with Gasteiger partial charge in [0.05, 0.1) is 0 Å². The van der Waals surface area contributed by atoms with E-state index in [2.05, 4.69) is 49.5 Å². The molecule has 1 aromatic rings. The van der Waals surface area contributed by atoms with Crippen LogP contribution in [0.2, 0.25) is 0 Å². The highest BCUT2D eigenvalue weighted by atomic mass is 32.2. The minimum atomic E-state index is 0.249. The van der Waals surface area contributed by atoms with Crippen molar-refractivity contribution in [3.05, 3.63) is 30.1 Å². The summed E-state index contributed by atoms with van der Waals surface area (Å²) in [6, 6.07) is 4.62. The fourth-order valence-electron chi connectivity index (χ4n) is 1.43. The normalized spacial score (nSPS) is 13.8. The van der Waals surface area contributed by atoms with Gasteiger partial charge in [0, 0.05) is 23.2 Å². The van der Waals surface area contributed by atoms with E-state index in [-0.39, 0.29) is 4.75 Å². The highest BCUT2D eigenvalue weighted by molar-refractivity contribution is 7.98. The number of nitrogens with one attached hydrogen (secondary N) is 1. The third-order valence-corrected chi connectivity index (χ3v) is 3.21. The van der Waals surface area contributed by atoms with Gasteiger partial charge in [-0.1, -0.05) is 25.3 Å². The molecule has 1 N–H and O–H groups in total. The summed E-state index contributed by atoms with van der Waals surface area (Å²) in [5, 5.41) is 0. The molecule has 0 radical (unpaired) electrons. The van der Waals surface area contributed by atoms with Crippen molar-refractivity contribution < 1.29 is 0 Å². The summed E-state index contributed by atoms with van der Waals surface area (Å²) in [7, 11) is 0. The van der Waals surface area contributed by atoms with Crippen molar-refractivity contribution in [1.29, 1.82) is 0 Å². The average Bonchev–Trinajstić information content (AvgIpc) is 2.24.